The maximum Gasteiger partial charge on any atom is 0.411 e. The fourth-order valence-corrected chi connectivity index (χ4v) is 4.94. The van der Waals surface area contributed by atoms with Crippen molar-refractivity contribution >= 4 is 34.8 Å². The van der Waals surface area contributed by atoms with Gasteiger partial charge in [0.1, 0.15) is 17.0 Å². The van der Waals surface area contributed by atoms with Gasteiger partial charge in [0.2, 0.25) is 5.82 Å². The number of fused-ring (bicyclic) bond motifs is 1. The van der Waals surface area contributed by atoms with Crippen LogP contribution in [0.2, 0.25) is 5.02 Å². The van der Waals surface area contributed by atoms with Gasteiger partial charge >= 0.3 is 6.09 Å². The Hall–Kier alpha value is -3.00. The van der Waals surface area contributed by atoms with Crippen molar-refractivity contribution in [1.82, 2.24) is 19.5 Å². The lowest BCUT2D eigenvalue weighted by Crippen LogP contribution is -2.21. The lowest BCUT2D eigenvalue weighted by Gasteiger charge is -2.27. The summed E-state index contributed by atoms with van der Waals surface area (Å²) in [5.74, 6) is 2.28. The summed E-state index contributed by atoms with van der Waals surface area (Å²) < 4.78 is 7.06. The Morgan fingerprint density at radius 2 is 1.94 bits per heavy atom. The number of primary amides is 1. The number of amides is 1. The highest BCUT2D eigenvalue weighted by Gasteiger charge is 2.33. The molecule has 9 heteroatoms. The fraction of sp³-hybridized carbons (Fsp3) is 0.458. The number of ether oxygens (including phenoxy) is 1. The molecule has 0 bridgehead atoms. The van der Waals surface area contributed by atoms with Crippen molar-refractivity contribution in [3.63, 3.8) is 0 Å². The third-order valence-corrected chi connectivity index (χ3v) is 6.89. The Morgan fingerprint density at radius 3 is 2.61 bits per heavy atom. The van der Waals surface area contributed by atoms with Gasteiger partial charge in [0, 0.05) is 23.0 Å². The lowest BCUT2D eigenvalue weighted by atomic mass is 9.83. The molecule has 33 heavy (non-hydrogen) atoms. The molecule has 1 aromatic carbocycles. The van der Waals surface area contributed by atoms with Crippen molar-refractivity contribution in [3.8, 4) is 11.3 Å². The highest BCUT2D eigenvalue weighted by molar-refractivity contribution is 6.30. The van der Waals surface area contributed by atoms with Gasteiger partial charge in [-0.05, 0) is 49.7 Å². The van der Waals surface area contributed by atoms with E-state index in [0.29, 0.717) is 28.2 Å². The highest BCUT2D eigenvalue weighted by atomic mass is 35.5. The van der Waals surface area contributed by atoms with Crippen LogP contribution in [0, 0.1) is 17.2 Å². The molecule has 1 amide bonds. The van der Waals surface area contributed by atoms with E-state index in [9.17, 15) is 4.79 Å². The van der Waals surface area contributed by atoms with Crippen molar-refractivity contribution in [1.29, 1.82) is 5.41 Å². The standard InChI is InChI=1S/C24H27ClN6O2/c1-13-5-7-14(8-6-13)12-31-19-18(16-3-2-4-17(25)11-16)28-22(20(26)33-24(27)32)29-21(19)30-23(31)15-9-10-15/h2-4,11,13-15,26H,5-10,12H2,1H3,(H2,27,32). The molecule has 2 fully saturated rings. The largest absolute Gasteiger partial charge is 0.411 e. The summed E-state index contributed by atoms with van der Waals surface area (Å²) in [5, 5.41) is 8.69. The van der Waals surface area contributed by atoms with Crippen LogP contribution in [0.5, 0.6) is 0 Å². The van der Waals surface area contributed by atoms with Gasteiger partial charge in [0.15, 0.2) is 5.65 Å². The van der Waals surface area contributed by atoms with Crippen molar-refractivity contribution in [2.75, 3.05) is 0 Å². The zero-order chi connectivity index (χ0) is 23.1. The molecule has 0 saturated heterocycles. The van der Waals surface area contributed by atoms with E-state index < -0.39 is 12.0 Å². The summed E-state index contributed by atoms with van der Waals surface area (Å²) in [6.07, 6.45) is 6.04. The monoisotopic (exact) mass is 466 g/mol. The molecule has 0 spiro atoms. The van der Waals surface area contributed by atoms with Gasteiger partial charge in [-0.15, -0.1) is 0 Å². The first kappa shape index (κ1) is 21.8. The number of aromatic nitrogens is 4. The van der Waals surface area contributed by atoms with E-state index >= 15 is 0 Å². The summed E-state index contributed by atoms with van der Waals surface area (Å²) in [6.45, 7) is 3.20. The molecule has 2 heterocycles. The molecule has 3 N–H and O–H groups in total. The van der Waals surface area contributed by atoms with Gasteiger partial charge in [-0.25, -0.2) is 19.7 Å². The van der Waals surface area contributed by atoms with Gasteiger partial charge in [-0.3, -0.25) is 5.41 Å². The third kappa shape index (κ3) is 4.57. The third-order valence-electron chi connectivity index (χ3n) is 6.66. The van der Waals surface area contributed by atoms with Crippen molar-refractivity contribution < 1.29 is 9.53 Å². The molecule has 2 saturated carbocycles. The molecule has 3 aromatic rings. The second-order valence-corrected chi connectivity index (χ2v) is 9.75. The summed E-state index contributed by atoms with van der Waals surface area (Å²) in [4.78, 5) is 25.2. The SMILES string of the molecule is CC1CCC(Cn2c(C3CC3)nc3nc(C(=N)OC(N)=O)nc(-c4cccc(Cl)c4)c32)CC1. The second kappa shape index (κ2) is 8.74. The van der Waals surface area contributed by atoms with Crippen LogP contribution in [0.1, 0.15) is 63.0 Å². The van der Waals surface area contributed by atoms with E-state index in [1.54, 1.807) is 6.07 Å². The molecule has 2 aliphatic carbocycles. The number of imidazole rings is 1. The molecule has 2 aromatic heterocycles. The Kier molecular flexibility index (Phi) is 5.78. The molecule has 0 unspecified atom stereocenters. The first-order valence-corrected chi connectivity index (χ1v) is 11.9. The Labute approximate surface area is 197 Å². The number of hydrogen-bond donors (Lipinski definition) is 2. The Bertz CT molecular complexity index is 1230. The fourth-order valence-electron chi connectivity index (χ4n) is 4.75. The number of nitrogens with zero attached hydrogens (tertiary/aromatic N) is 4. The molecular formula is C24H27ClN6O2. The minimum absolute atomic E-state index is 0.0326. The lowest BCUT2D eigenvalue weighted by molar-refractivity contribution is 0.207. The maximum atomic E-state index is 11.2. The average molecular weight is 467 g/mol. The van der Waals surface area contributed by atoms with E-state index in [2.05, 4.69) is 21.5 Å². The van der Waals surface area contributed by atoms with E-state index in [1.807, 2.05) is 18.2 Å². The molecule has 5 rings (SSSR count). The number of nitrogens with two attached hydrogens (primary N) is 1. The number of halogens is 1. The molecular weight excluding hydrogens is 440 g/mol. The molecule has 0 atom stereocenters. The number of carbonyl (C=O) groups excluding carboxylic acids is 1. The molecule has 172 valence electrons. The van der Waals surface area contributed by atoms with Crippen molar-refractivity contribution in [2.24, 2.45) is 17.6 Å². The van der Waals surface area contributed by atoms with Crippen LogP contribution in [0.25, 0.3) is 22.4 Å². The molecule has 8 nitrogen and oxygen atoms in total. The number of rotatable bonds is 5. The van der Waals surface area contributed by atoms with Crippen molar-refractivity contribution in [3.05, 3.63) is 40.9 Å². The topological polar surface area (TPSA) is 120 Å². The van der Waals surface area contributed by atoms with Crippen LogP contribution >= 0.6 is 11.6 Å². The summed E-state index contributed by atoms with van der Waals surface area (Å²) in [5.41, 5.74) is 7.87. The van der Waals surface area contributed by atoms with E-state index in [-0.39, 0.29) is 5.82 Å². The predicted octanol–water partition coefficient (Wildman–Crippen LogP) is 5.27. The normalized spacial score (nSPS) is 20.7. The van der Waals surface area contributed by atoms with E-state index in [0.717, 1.165) is 42.2 Å². The van der Waals surface area contributed by atoms with Crippen molar-refractivity contribution in [2.45, 2.75) is 57.9 Å². The number of benzene rings is 1. The van der Waals surface area contributed by atoms with Gasteiger partial charge in [0.25, 0.3) is 5.90 Å². The van der Waals surface area contributed by atoms with E-state index in [4.69, 9.17) is 32.5 Å². The van der Waals surface area contributed by atoms with Crippen LogP contribution in [-0.2, 0) is 11.3 Å². The predicted molar refractivity (Wildman–Crippen MR) is 126 cm³/mol. The van der Waals surface area contributed by atoms with Gasteiger partial charge in [-0.2, -0.15) is 0 Å². The van der Waals surface area contributed by atoms with Crippen LogP contribution in [0.15, 0.2) is 24.3 Å². The first-order chi connectivity index (χ1) is 15.9. The number of hydrogen-bond acceptors (Lipinski definition) is 6. The Morgan fingerprint density at radius 1 is 1.18 bits per heavy atom. The highest BCUT2D eigenvalue weighted by Crippen LogP contribution is 2.43. The summed E-state index contributed by atoms with van der Waals surface area (Å²) >= 11 is 6.30. The van der Waals surface area contributed by atoms with Crippen LogP contribution in [-0.4, -0.2) is 31.5 Å². The minimum Gasteiger partial charge on any atom is -0.388 e. The van der Waals surface area contributed by atoms with Crippen LogP contribution in [0.3, 0.4) is 0 Å². The van der Waals surface area contributed by atoms with Crippen LogP contribution < -0.4 is 5.73 Å². The van der Waals surface area contributed by atoms with Gasteiger partial charge in [-0.1, -0.05) is 43.5 Å². The molecule has 0 radical (unpaired) electrons. The van der Waals surface area contributed by atoms with Gasteiger partial charge < -0.3 is 15.0 Å². The molecule has 2 aliphatic rings. The summed E-state index contributed by atoms with van der Waals surface area (Å²) in [7, 11) is 0. The summed E-state index contributed by atoms with van der Waals surface area (Å²) in [6, 6.07) is 7.43. The van der Waals surface area contributed by atoms with Gasteiger partial charge in [0.05, 0.1) is 0 Å². The zero-order valence-corrected chi connectivity index (χ0v) is 19.3. The zero-order valence-electron chi connectivity index (χ0n) is 18.6. The van der Waals surface area contributed by atoms with Crippen LogP contribution in [0.4, 0.5) is 4.79 Å². The average Bonchev–Trinajstić information content (AvgIpc) is 3.56. The second-order valence-electron chi connectivity index (χ2n) is 9.31. The number of nitrogens with one attached hydrogen (secondary N) is 1. The smallest absolute Gasteiger partial charge is 0.388 e. The first-order valence-electron chi connectivity index (χ1n) is 11.5. The van der Waals surface area contributed by atoms with E-state index in [1.165, 1.54) is 25.7 Å². The maximum absolute atomic E-state index is 11.2. The minimum atomic E-state index is -1.08. The quantitative estimate of drug-likeness (QED) is 0.392. The Balaban J connectivity index is 1.67. The number of carbonyl (C=O) groups is 1. The molecule has 0 aliphatic heterocycles.